The van der Waals surface area contributed by atoms with Crippen molar-refractivity contribution in [3.63, 3.8) is 0 Å². The van der Waals surface area contributed by atoms with Crippen LogP contribution in [0, 0.1) is 6.92 Å². The van der Waals surface area contributed by atoms with Gasteiger partial charge in [-0.3, -0.25) is 0 Å². The number of hydrogen-bond acceptors (Lipinski definition) is 7. The van der Waals surface area contributed by atoms with Crippen LogP contribution in [0.4, 0.5) is 0 Å². The van der Waals surface area contributed by atoms with Crippen LogP contribution >= 0.6 is 11.8 Å². The van der Waals surface area contributed by atoms with Crippen molar-refractivity contribution in [3.05, 3.63) is 60.0 Å². The van der Waals surface area contributed by atoms with Gasteiger partial charge in [-0.25, -0.2) is 0 Å². The molecule has 0 radical (unpaired) electrons. The molecule has 0 spiro atoms. The Kier molecular flexibility index (Phi) is 6.98. The number of benzene rings is 2. The van der Waals surface area contributed by atoms with E-state index in [1.165, 1.54) is 11.8 Å². The molecule has 0 fully saturated rings. The van der Waals surface area contributed by atoms with Gasteiger partial charge in [-0.2, -0.15) is 0 Å². The molecule has 1 heterocycles. The maximum Gasteiger partial charge on any atom is 0.276 e. The number of aromatic nitrogens is 2. The number of hydrogen-bond donors (Lipinski definition) is 0. The molecular formula is C20H22N2O4S. The fraction of sp³-hybridized carbons (Fsp3) is 0.300. The quantitative estimate of drug-likeness (QED) is 0.375. The van der Waals surface area contributed by atoms with Crippen molar-refractivity contribution in [1.29, 1.82) is 0 Å². The van der Waals surface area contributed by atoms with Gasteiger partial charge in [0.05, 0.1) is 13.2 Å². The van der Waals surface area contributed by atoms with Crippen molar-refractivity contribution >= 4 is 11.8 Å². The first-order chi connectivity index (χ1) is 13.2. The van der Waals surface area contributed by atoms with Crippen LogP contribution in [0.2, 0.25) is 0 Å². The fourth-order valence-electron chi connectivity index (χ4n) is 2.29. The van der Waals surface area contributed by atoms with Gasteiger partial charge in [0.25, 0.3) is 11.1 Å². The number of rotatable bonds is 10. The van der Waals surface area contributed by atoms with Crippen molar-refractivity contribution in [2.45, 2.75) is 25.7 Å². The van der Waals surface area contributed by atoms with E-state index in [4.69, 9.17) is 18.6 Å². The topological polar surface area (TPSA) is 66.6 Å². The Hall–Kier alpha value is -2.67. The van der Waals surface area contributed by atoms with E-state index in [-0.39, 0.29) is 6.61 Å². The van der Waals surface area contributed by atoms with Crippen LogP contribution in [-0.2, 0) is 6.61 Å². The molecule has 2 aromatic carbocycles. The largest absolute Gasteiger partial charge is 0.494 e. The molecule has 3 rings (SSSR count). The summed E-state index contributed by atoms with van der Waals surface area (Å²) in [6, 6.07) is 15.4. The van der Waals surface area contributed by atoms with Crippen LogP contribution in [-0.4, -0.2) is 29.2 Å². The van der Waals surface area contributed by atoms with E-state index in [2.05, 4.69) is 10.2 Å². The van der Waals surface area contributed by atoms with Gasteiger partial charge in [-0.15, -0.1) is 10.2 Å². The van der Waals surface area contributed by atoms with Crippen molar-refractivity contribution in [2.24, 2.45) is 0 Å². The predicted molar refractivity (Wildman–Crippen MR) is 104 cm³/mol. The third-order valence-electron chi connectivity index (χ3n) is 3.51. The molecule has 0 unspecified atom stereocenters. The Bertz CT molecular complexity index is 836. The van der Waals surface area contributed by atoms with Gasteiger partial charge in [-0.05, 0) is 55.8 Å². The second-order valence-corrected chi connectivity index (χ2v) is 6.71. The smallest absolute Gasteiger partial charge is 0.276 e. The van der Waals surface area contributed by atoms with E-state index >= 15 is 0 Å². The van der Waals surface area contributed by atoms with E-state index in [1.807, 2.05) is 62.4 Å². The lowest BCUT2D eigenvalue weighted by Crippen LogP contribution is -2.00. The molecule has 0 aliphatic heterocycles. The minimum atomic E-state index is 0.250. The third kappa shape index (κ3) is 6.21. The average molecular weight is 386 g/mol. The van der Waals surface area contributed by atoms with Crippen LogP contribution in [0.15, 0.2) is 58.2 Å². The molecule has 0 saturated heterocycles. The second kappa shape index (κ2) is 9.87. The summed E-state index contributed by atoms with van der Waals surface area (Å²) in [6.07, 6.45) is 0. The first-order valence-electron chi connectivity index (χ1n) is 8.73. The zero-order valence-electron chi connectivity index (χ0n) is 15.4. The van der Waals surface area contributed by atoms with Crippen molar-refractivity contribution in [2.75, 3.05) is 19.0 Å². The molecule has 0 bridgehead atoms. The van der Waals surface area contributed by atoms with Crippen LogP contribution < -0.4 is 14.2 Å². The van der Waals surface area contributed by atoms with Crippen LogP contribution in [0.1, 0.15) is 18.4 Å². The van der Waals surface area contributed by atoms with Gasteiger partial charge >= 0.3 is 0 Å². The van der Waals surface area contributed by atoms with Crippen LogP contribution in [0.3, 0.4) is 0 Å². The zero-order valence-corrected chi connectivity index (χ0v) is 16.2. The lowest BCUT2D eigenvalue weighted by atomic mass is 10.2. The average Bonchev–Trinajstić information content (AvgIpc) is 3.13. The molecule has 0 aliphatic carbocycles. The van der Waals surface area contributed by atoms with Gasteiger partial charge in [0.15, 0.2) is 6.61 Å². The van der Waals surface area contributed by atoms with Crippen molar-refractivity contribution < 1.29 is 18.6 Å². The van der Waals surface area contributed by atoms with Gasteiger partial charge in [0.1, 0.15) is 17.2 Å². The van der Waals surface area contributed by atoms with E-state index in [9.17, 15) is 0 Å². The minimum Gasteiger partial charge on any atom is -0.494 e. The maximum atomic E-state index is 5.69. The summed E-state index contributed by atoms with van der Waals surface area (Å²) in [5.74, 6) is 3.58. The number of thioether (sulfide) groups is 1. The monoisotopic (exact) mass is 386 g/mol. The fourth-order valence-corrected chi connectivity index (χ4v) is 2.89. The summed E-state index contributed by atoms with van der Waals surface area (Å²) in [7, 11) is 0. The molecule has 7 heteroatoms. The Morgan fingerprint density at radius 3 is 2.44 bits per heavy atom. The normalized spacial score (nSPS) is 10.6. The Morgan fingerprint density at radius 2 is 1.70 bits per heavy atom. The van der Waals surface area contributed by atoms with E-state index < -0.39 is 0 Å². The number of aryl methyl sites for hydroxylation is 1. The maximum absolute atomic E-state index is 5.69. The summed E-state index contributed by atoms with van der Waals surface area (Å²) < 4.78 is 22.3. The van der Waals surface area contributed by atoms with Crippen LogP contribution in [0.25, 0.3) is 0 Å². The summed E-state index contributed by atoms with van der Waals surface area (Å²) in [5, 5.41) is 8.52. The van der Waals surface area contributed by atoms with Crippen molar-refractivity contribution in [1.82, 2.24) is 10.2 Å². The van der Waals surface area contributed by atoms with Gasteiger partial charge in [-0.1, -0.05) is 23.9 Å². The highest BCUT2D eigenvalue weighted by atomic mass is 32.2. The lowest BCUT2D eigenvalue weighted by Gasteiger charge is -2.06. The standard InChI is InChI=1S/C20H22N2O4S/c1-3-23-16-7-9-17(10-8-16)24-11-12-27-20-22-21-19(26-20)14-25-18-6-4-5-15(2)13-18/h4-10,13H,3,11-12,14H2,1-2H3. The van der Waals surface area contributed by atoms with E-state index in [0.717, 1.165) is 22.8 Å². The highest BCUT2D eigenvalue weighted by molar-refractivity contribution is 7.99. The molecule has 1 aromatic heterocycles. The molecule has 0 N–H and O–H groups in total. The Balaban J connectivity index is 1.38. The predicted octanol–water partition coefficient (Wildman–Crippen LogP) is 4.53. The zero-order chi connectivity index (χ0) is 18.9. The highest BCUT2D eigenvalue weighted by Gasteiger charge is 2.08. The minimum absolute atomic E-state index is 0.250. The number of nitrogens with zero attached hydrogens (tertiary/aromatic N) is 2. The molecule has 6 nitrogen and oxygen atoms in total. The third-order valence-corrected chi connectivity index (χ3v) is 4.30. The molecule has 142 valence electrons. The lowest BCUT2D eigenvalue weighted by molar-refractivity contribution is 0.252. The summed E-state index contributed by atoms with van der Waals surface area (Å²) in [4.78, 5) is 0. The molecular weight excluding hydrogens is 364 g/mol. The van der Waals surface area contributed by atoms with Gasteiger partial charge in [0.2, 0.25) is 0 Å². The first kappa shape index (κ1) is 19.1. The highest BCUT2D eigenvalue weighted by Crippen LogP contribution is 2.20. The first-order valence-corrected chi connectivity index (χ1v) is 9.72. The molecule has 3 aromatic rings. The number of ether oxygens (including phenoxy) is 3. The van der Waals surface area contributed by atoms with E-state index in [1.54, 1.807) is 0 Å². The Morgan fingerprint density at radius 1 is 0.926 bits per heavy atom. The molecule has 0 saturated carbocycles. The SMILES string of the molecule is CCOc1ccc(OCCSc2nnc(COc3cccc(C)c3)o2)cc1. The molecule has 27 heavy (non-hydrogen) atoms. The molecule has 0 atom stereocenters. The van der Waals surface area contributed by atoms with Gasteiger partial charge < -0.3 is 18.6 Å². The summed E-state index contributed by atoms with van der Waals surface area (Å²) >= 11 is 1.45. The summed E-state index contributed by atoms with van der Waals surface area (Å²) in [6.45, 7) is 5.41. The molecule has 0 amide bonds. The molecule has 0 aliphatic rings. The van der Waals surface area contributed by atoms with Crippen molar-refractivity contribution in [3.8, 4) is 17.2 Å². The van der Waals surface area contributed by atoms with Crippen LogP contribution in [0.5, 0.6) is 17.2 Å². The Labute approximate surface area is 162 Å². The van der Waals surface area contributed by atoms with Gasteiger partial charge in [0, 0.05) is 5.75 Å². The second-order valence-electron chi connectivity index (χ2n) is 5.67. The summed E-state index contributed by atoms with van der Waals surface area (Å²) in [5.41, 5.74) is 1.14. The van der Waals surface area contributed by atoms with E-state index in [0.29, 0.717) is 30.1 Å².